The maximum Gasteiger partial charge on any atom is 0.291 e. The first-order chi connectivity index (χ1) is 36.8. The lowest BCUT2D eigenvalue weighted by Crippen LogP contribution is -2.09. The molecule has 2 aliphatic heterocycles. The molecule has 0 fully saturated rings. The summed E-state index contributed by atoms with van der Waals surface area (Å²) in [6.45, 7) is 0. The molecule has 5 heterocycles. The first kappa shape index (κ1) is 46.2. The molecule has 11 rings (SSSR count). The SMILES string of the molecule is O=[N+]([O-])c1ccc(C#CC#Cc2c3nc(c(-c4ccccc4)c4nc(c(C#CC#Cc5ccc(N(c6ccccc6)c6ccccc6)cc5)c5ccc([nH]5)c(-c5ccccc5)c5ccc2[nH]5)C=C4)C=C3)c([N+](=O)[O-])c1. The molecule has 0 spiro atoms. The first-order valence-electron chi connectivity index (χ1n) is 23.6. The van der Waals surface area contributed by atoms with Crippen LogP contribution in [0.25, 0.3) is 68.6 Å². The monoisotopic (exact) mass is 967 g/mol. The summed E-state index contributed by atoms with van der Waals surface area (Å²) in [7, 11) is 0. The van der Waals surface area contributed by atoms with Crippen LogP contribution in [0.5, 0.6) is 0 Å². The van der Waals surface area contributed by atoms with E-state index in [1.165, 1.54) is 12.1 Å². The van der Waals surface area contributed by atoms with Crippen LogP contribution in [0.4, 0.5) is 28.4 Å². The number of H-pyrrole nitrogens is 2. The lowest BCUT2D eigenvalue weighted by Gasteiger charge is -2.25. The highest BCUT2D eigenvalue weighted by molar-refractivity contribution is 5.96. The Balaban J connectivity index is 1.07. The van der Waals surface area contributed by atoms with Gasteiger partial charge in [0.05, 0.1) is 60.8 Å². The molecule has 0 amide bonds. The summed E-state index contributed by atoms with van der Waals surface area (Å²) in [4.78, 5) is 41.8. The van der Waals surface area contributed by atoms with Crippen LogP contribution in [0.1, 0.15) is 45.0 Å². The largest absolute Gasteiger partial charge is 0.354 e. The highest BCUT2D eigenvalue weighted by Crippen LogP contribution is 2.36. The summed E-state index contributed by atoms with van der Waals surface area (Å²) in [5.74, 6) is 24.4. The molecule has 0 atom stereocenters. The van der Waals surface area contributed by atoms with E-state index in [0.717, 1.165) is 67.5 Å². The van der Waals surface area contributed by atoms with Gasteiger partial charge < -0.3 is 14.9 Å². The van der Waals surface area contributed by atoms with Gasteiger partial charge in [0.15, 0.2) is 0 Å². The van der Waals surface area contributed by atoms with E-state index in [1.54, 1.807) is 0 Å². The fourth-order valence-electron chi connectivity index (χ4n) is 8.86. The number of nitro groups is 2. The number of nitrogens with zero attached hydrogens (tertiary/aromatic N) is 5. The highest BCUT2D eigenvalue weighted by atomic mass is 16.6. The molecule has 0 unspecified atom stereocenters. The molecule has 2 aliphatic rings. The molecule has 352 valence electrons. The van der Waals surface area contributed by atoms with Crippen molar-refractivity contribution in [1.29, 1.82) is 0 Å². The summed E-state index contributed by atoms with van der Waals surface area (Å²) in [5, 5.41) is 23.2. The highest BCUT2D eigenvalue weighted by Gasteiger charge is 2.20. The van der Waals surface area contributed by atoms with Crippen molar-refractivity contribution in [3.63, 3.8) is 0 Å². The second kappa shape index (κ2) is 20.6. The maximum atomic E-state index is 11.9. The molecule has 0 aliphatic carbocycles. The number of aromatic amines is 2. The van der Waals surface area contributed by atoms with Gasteiger partial charge >= 0.3 is 0 Å². The van der Waals surface area contributed by atoms with Gasteiger partial charge in [0.25, 0.3) is 11.4 Å². The number of hydrogen-bond donors (Lipinski definition) is 2. The number of benzene rings is 6. The molecule has 9 aromatic rings. The van der Waals surface area contributed by atoms with Gasteiger partial charge in [-0.3, -0.25) is 20.2 Å². The van der Waals surface area contributed by atoms with E-state index in [4.69, 9.17) is 9.97 Å². The summed E-state index contributed by atoms with van der Waals surface area (Å²) >= 11 is 0. The predicted octanol–water partition coefficient (Wildman–Crippen LogP) is 14.1. The Morgan fingerprint density at radius 3 is 1.36 bits per heavy atom. The maximum absolute atomic E-state index is 11.9. The molecule has 8 bridgehead atoms. The normalized spacial score (nSPS) is 10.9. The van der Waals surface area contributed by atoms with E-state index in [9.17, 15) is 20.2 Å². The van der Waals surface area contributed by atoms with Crippen LogP contribution in [0.2, 0.25) is 0 Å². The standard InChI is InChI=1S/C64H37N7O4/c72-70(73)51-34-31-45(62(43-51)71(74)75)18-14-16-28-53-56-37-41-60(67-56)63(46-19-5-1-6-20-46)58-39-35-54(65-58)52(55-36-40-59(66-55)64(47-21-7-2-8-22-47)61-42-38-57(53)68-61)27-15-13-17-44-29-32-50(33-30-44)69(48-23-9-3-10-24-48)49-25-11-4-12-26-49/h1-12,19-26,29-43,65,67H. The number of hydrogen-bond acceptors (Lipinski definition) is 7. The van der Waals surface area contributed by atoms with Crippen molar-refractivity contribution >= 4 is 74.8 Å². The number of nitro benzene ring substituents is 2. The average Bonchev–Trinajstić information content (AvgIpc) is 4.31. The van der Waals surface area contributed by atoms with Crippen LogP contribution >= 0.6 is 0 Å². The summed E-state index contributed by atoms with van der Waals surface area (Å²) < 4.78 is 0. The van der Waals surface area contributed by atoms with E-state index >= 15 is 0 Å². The van der Waals surface area contributed by atoms with Crippen molar-refractivity contribution in [2.75, 3.05) is 4.90 Å². The van der Waals surface area contributed by atoms with E-state index < -0.39 is 21.2 Å². The van der Waals surface area contributed by atoms with Crippen LogP contribution < -0.4 is 4.90 Å². The predicted molar refractivity (Wildman–Crippen MR) is 298 cm³/mol. The molecule has 75 heavy (non-hydrogen) atoms. The molecule has 0 radical (unpaired) electrons. The van der Waals surface area contributed by atoms with Crippen molar-refractivity contribution in [1.82, 2.24) is 19.9 Å². The topological polar surface area (TPSA) is 147 Å². The van der Waals surface area contributed by atoms with Gasteiger partial charge in [-0.25, -0.2) is 9.97 Å². The summed E-state index contributed by atoms with van der Waals surface area (Å²) in [6.07, 6.45) is 7.73. The third-order valence-corrected chi connectivity index (χ3v) is 12.3. The Labute approximate surface area is 430 Å². The molecule has 0 saturated heterocycles. The van der Waals surface area contributed by atoms with Gasteiger partial charge in [0.1, 0.15) is 5.56 Å². The zero-order chi connectivity index (χ0) is 51.1. The third-order valence-electron chi connectivity index (χ3n) is 12.3. The molecule has 11 nitrogen and oxygen atoms in total. The van der Waals surface area contributed by atoms with Crippen molar-refractivity contribution in [2.24, 2.45) is 0 Å². The van der Waals surface area contributed by atoms with Gasteiger partial charge in [-0.2, -0.15) is 0 Å². The Kier molecular flexibility index (Phi) is 12.7. The first-order valence-corrected chi connectivity index (χ1v) is 23.6. The fraction of sp³-hybridized carbons (Fsp3) is 0. The van der Waals surface area contributed by atoms with Gasteiger partial charge in [-0.15, -0.1) is 0 Å². The number of para-hydroxylation sites is 2. The molecule has 6 aromatic carbocycles. The van der Waals surface area contributed by atoms with E-state index in [2.05, 4.69) is 98.6 Å². The van der Waals surface area contributed by atoms with Crippen molar-refractivity contribution in [2.45, 2.75) is 0 Å². The summed E-state index contributed by atoms with van der Waals surface area (Å²) in [5.41, 5.74) is 13.1. The minimum absolute atomic E-state index is 0.00833. The smallest absolute Gasteiger partial charge is 0.291 e. The van der Waals surface area contributed by atoms with Crippen LogP contribution in [0.15, 0.2) is 188 Å². The van der Waals surface area contributed by atoms with Crippen LogP contribution in [-0.2, 0) is 0 Å². The Morgan fingerprint density at radius 1 is 0.413 bits per heavy atom. The molecular formula is C64H37N7O4. The summed E-state index contributed by atoms with van der Waals surface area (Å²) in [6, 6.07) is 59.8. The van der Waals surface area contributed by atoms with Gasteiger partial charge in [0, 0.05) is 50.9 Å². The van der Waals surface area contributed by atoms with Crippen molar-refractivity contribution < 1.29 is 9.85 Å². The van der Waals surface area contributed by atoms with Crippen molar-refractivity contribution in [3.05, 3.63) is 253 Å². The van der Waals surface area contributed by atoms with Crippen molar-refractivity contribution in [3.8, 4) is 69.6 Å². The molecule has 0 saturated carbocycles. The van der Waals surface area contributed by atoms with Gasteiger partial charge in [-0.05, 0) is 156 Å². The number of rotatable bonds is 7. The Bertz CT molecular complexity index is 4210. The van der Waals surface area contributed by atoms with Gasteiger partial charge in [-0.1, -0.05) is 103 Å². The molecular weight excluding hydrogens is 931 g/mol. The van der Waals surface area contributed by atoms with Crippen LogP contribution in [0, 0.1) is 67.6 Å². The number of anilines is 3. The zero-order valence-corrected chi connectivity index (χ0v) is 39.6. The molecule has 2 N–H and O–H groups in total. The minimum atomic E-state index is -0.702. The zero-order valence-electron chi connectivity index (χ0n) is 39.6. The molecule has 11 heteroatoms. The lowest BCUT2D eigenvalue weighted by atomic mass is 10.0. The number of fused-ring (bicyclic) bond motifs is 8. The minimum Gasteiger partial charge on any atom is -0.354 e. The second-order valence-electron chi connectivity index (χ2n) is 17.0. The third kappa shape index (κ3) is 9.80. The fourth-order valence-corrected chi connectivity index (χ4v) is 8.86. The van der Waals surface area contributed by atoms with Crippen LogP contribution in [-0.4, -0.2) is 29.8 Å². The number of aromatic nitrogens is 4. The Morgan fingerprint density at radius 2 is 0.853 bits per heavy atom. The van der Waals surface area contributed by atoms with E-state index in [1.807, 2.05) is 158 Å². The van der Waals surface area contributed by atoms with Gasteiger partial charge in [0.2, 0.25) is 0 Å². The number of non-ortho nitro benzene ring substituents is 1. The van der Waals surface area contributed by atoms with E-state index in [-0.39, 0.29) is 5.56 Å². The van der Waals surface area contributed by atoms with E-state index in [0.29, 0.717) is 39.4 Å². The quantitative estimate of drug-likeness (QED) is 0.0918. The lowest BCUT2D eigenvalue weighted by molar-refractivity contribution is -0.394. The second-order valence-corrected chi connectivity index (χ2v) is 17.0. The Hall–Kier alpha value is -11.2. The van der Waals surface area contributed by atoms with Crippen LogP contribution in [0.3, 0.4) is 0 Å². The average molecular weight is 968 g/mol. The molecule has 3 aromatic heterocycles. The number of nitrogens with one attached hydrogen (secondary N) is 2.